The fourth-order valence-electron chi connectivity index (χ4n) is 9.10. The minimum absolute atomic E-state index is 1.22. The highest BCUT2D eigenvalue weighted by Gasteiger charge is 2.12. The van der Waals surface area contributed by atoms with E-state index < -0.39 is 0 Å². The molecule has 0 radical (unpaired) electrons. The van der Waals surface area contributed by atoms with Gasteiger partial charge in [-0.25, -0.2) is 0 Å². The summed E-state index contributed by atoms with van der Waals surface area (Å²) in [5.74, 6) is 0. The third-order valence-electron chi connectivity index (χ3n) is 13.3. The lowest BCUT2D eigenvalue weighted by molar-refractivity contribution is 1.17. The van der Waals surface area contributed by atoms with Gasteiger partial charge in [0, 0.05) is 16.5 Å². The third-order valence-corrected chi connectivity index (χ3v) is 13.3. The van der Waals surface area contributed by atoms with E-state index in [9.17, 15) is 0 Å². The van der Waals surface area contributed by atoms with E-state index in [1.54, 1.807) is 0 Å². The van der Waals surface area contributed by atoms with Gasteiger partial charge in [0.15, 0.2) is 0 Å². The van der Waals surface area contributed by atoms with E-state index in [4.69, 9.17) is 0 Å². The molecule has 0 aliphatic heterocycles. The van der Waals surface area contributed by atoms with Crippen molar-refractivity contribution in [3.63, 3.8) is 0 Å². The molecule has 11 aromatic rings. The number of benzene rings is 10. The molecule has 0 aliphatic carbocycles. The Kier molecular flexibility index (Phi) is 17.8. The van der Waals surface area contributed by atoms with Crippen molar-refractivity contribution in [3.8, 4) is 39.1 Å². The van der Waals surface area contributed by atoms with Crippen molar-refractivity contribution in [1.29, 1.82) is 0 Å². The van der Waals surface area contributed by atoms with Crippen molar-refractivity contribution >= 4 is 21.8 Å². The molecule has 0 unspecified atom stereocenters. The first kappa shape index (κ1) is 51.8. The number of para-hydroxylation sites is 1. The van der Waals surface area contributed by atoms with Crippen molar-refractivity contribution < 1.29 is 0 Å². The second-order valence-electron chi connectivity index (χ2n) is 19.3. The SMILES string of the molecule is Cc1ccc(-n2c3ccccc3c3cc(C)ccc32)cc1.Cc1ccc(C)c(-c2ccccc2C)c1.Cc1ccc(C)cc1.Cc1ccccc1-c1ccccc1C.Cc1ccccc1-c1ccccc1C. The lowest BCUT2D eigenvalue weighted by atomic mass is 9.95. The quantitative estimate of drug-likeness (QED) is 0.166. The predicted octanol–water partition coefficient (Wildman–Crippen LogP) is 19.9. The Morgan fingerprint density at radius 1 is 0.208 bits per heavy atom. The first-order valence-electron chi connectivity index (χ1n) is 25.3. The Morgan fingerprint density at radius 2 is 0.500 bits per heavy atom. The zero-order valence-corrected chi connectivity index (χ0v) is 44.4. The number of fused-ring (bicyclic) bond motifs is 3. The molecule has 10 aromatic carbocycles. The fraction of sp³-hybridized carbons (Fsp3) is 0.155. The van der Waals surface area contributed by atoms with Gasteiger partial charge < -0.3 is 4.57 Å². The van der Waals surface area contributed by atoms with Crippen LogP contribution >= 0.6 is 0 Å². The van der Waals surface area contributed by atoms with Crippen LogP contribution in [0.2, 0.25) is 0 Å². The standard InChI is InChI=1S/C20H17N.C15H16.2C14H14.C8H10/c1-14-7-10-16(11-8-14)21-19-6-4-3-5-17(19)18-13-15(2)9-12-20(18)21;1-11-8-9-13(3)15(10-11)14-7-5-4-6-12(14)2;2*1-11-7-3-5-9-13(11)14-10-6-4-8-12(14)2;1-7-3-5-8(2)6-4-7/h3-13H,1-2H3;4-10H,1-3H3;2*3-10H,1-2H3;3-6H,1-2H3. The molecular formula is C71H71N. The smallest absolute Gasteiger partial charge is 0.0541 e. The summed E-state index contributed by atoms with van der Waals surface area (Å²) >= 11 is 0. The second kappa shape index (κ2) is 24.7. The number of aromatic nitrogens is 1. The van der Waals surface area contributed by atoms with Crippen molar-refractivity contribution in [2.45, 2.75) is 76.2 Å². The number of nitrogens with zero attached hydrogens (tertiary/aromatic N) is 1. The van der Waals surface area contributed by atoms with Crippen molar-refractivity contribution in [1.82, 2.24) is 4.57 Å². The topological polar surface area (TPSA) is 4.93 Å². The van der Waals surface area contributed by atoms with Crippen molar-refractivity contribution in [2.24, 2.45) is 0 Å². The zero-order valence-electron chi connectivity index (χ0n) is 44.4. The maximum Gasteiger partial charge on any atom is 0.0541 e. The van der Waals surface area contributed by atoms with E-state index in [0.717, 1.165) is 0 Å². The molecule has 11 rings (SSSR count). The van der Waals surface area contributed by atoms with E-state index in [0.29, 0.717) is 0 Å². The number of hydrogen-bond donors (Lipinski definition) is 0. The van der Waals surface area contributed by atoms with Crippen LogP contribution in [0.4, 0.5) is 0 Å². The summed E-state index contributed by atoms with van der Waals surface area (Å²) in [4.78, 5) is 0. The van der Waals surface area contributed by atoms with E-state index in [-0.39, 0.29) is 0 Å². The Balaban J connectivity index is 0.000000136. The lowest BCUT2D eigenvalue weighted by Gasteiger charge is -2.09. The largest absolute Gasteiger partial charge is 0.309 e. The van der Waals surface area contributed by atoms with Gasteiger partial charge in [-0.15, -0.1) is 0 Å². The van der Waals surface area contributed by atoms with E-state index in [1.807, 2.05) is 0 Å². The molecule has 1 nitrogen and oxygen atoms in total. The van der Waals surface area contributed by atoms with Crippen molar-refractivity contribution in [2.75, 3.05) is 0 Å². The van der Waals surface area contributed by atoms with Gasteiger partial charge in [-0.3, -0.25) is 0 Å². The number of hydrogen-bond acceptors (Lipinski definition) is 0. The average Bonchev–Trinajstić information content (AvgIpc) is 3.71. The fourth-order valence-corrected chi connectivity index (χ4v) is 9.10. The van der Waals surface area contributed by atoms with Crippen LogP contribution in [0.15, 0.2) is 231 Å². The highest BCUT2D eigenvalue weighted by molar-refractivity contribution is 6.09. The van der Waals surface area contributed by atoms with Gasteiger partial charge in [-0.2, -0.15) is 0 Å². The Bertz CT molecular complexity index is 3310. The molecule has 0 bridgehead atoms. The van der Waals surface area contributed by atoms with Gasteiger partial charge >= 0.3 is 0 Å². The summed E-state index contributed by atoms with van der Waals surface area (Å²) < 4.78 is 2.35. The van der Waals surface area contributed by atoms with Gasteiger partial charge in [0.25, 0.3) is 0 Å². The van der Waals surface area contributed by atoms with Crippen LogP contribution < -0.4 is 0 Å². The monoisotopic (exact) mass is 938 g/mol. The first-order chi connectivity index (χ1) is 34.8. The summed E-state index contributed by atoms with van der Waals surface area (Å²) in [5, 5.41) is 2.64. The van der Waals surface area contributed by atoms with Gasteiger partial charge in [0.05, 0.1) is 11.0 Å². The molecule has 0 aliphatic rings. The highest BCUT2D eigenvalue weighted by Crippen LogP contribution is 2.33. The van der Waals surface area contributed by atoms with Crippen LogP contribution in [0.5, 0.6) is 0 Å². The molecule has 0 N–H and O–H groups in total. The molecule has 1 aromatic heterocycles. The first-order valence-corrected chi connectivity index (χ1v) is 25.3. The number of rotatable bonds is 4. The molecule has 360 valence electrons. The molecule has 1 heterocycles. The molecule has 0 spiro atoms. The molecule has 0 atom stereocenters. The summed E-state index contributed by atoms with van der Waals surface area (Å²) in [6, 6.07) is 81.7. The highest BCUT2D eigenvalue weighted by atomic mass is 15.0. The number of aryl methyl sites for hydroxylation is 11. The van der Waals surface area contributed by atoms with E-state index in [2.05, 4.69) is 311 Å². The van der Waals surface area contributed by atoms with Gasteiger partial charge in [0.1, 0.15) is 0 Å². The van der Waals surface area contributed by atoms with Crippen LogP contribution in [0.25, 0.3) is 60.9 Å². The van der Waals surface area contributed by atoms with E-state index >= 15 is 0 Å². The summed E-state index contributed by atoms with van der Waals surface area (Å²) in [7, 11) is 0. The molecule has 72 heavy (non-hydrogen) atoms. The molecule has 0 saturated heterocycles. The van der Waals surface area contributed by atoms with Gasteiger partial charge in [-0.05, 0) is 173 Å². The van der Waals surface area contributed by atoms with Crippen molar-refractivity contribution in [3.05, 3.63) is 292 Å². The molecule has 1 heteroatoms. The maximum absolute atomic E-state index is 2.35. The molecule has 0 amide bonds. The van der Waals surface area contributed by atoms with Gasteiger partial charge in [0.2, 0.25) is 0 Å². The normalized spacial score (nSPS) is 10.4. The van der Waals surface area contributed by atoms with Crippen LogP contribution in [-0.2, 0) is 0 Å². The maximum atomic E-state index is 2.35. The molecular weight excluding hydrogens is 867 g/mol. The van der Waals surface area contributed by atoms with Crippen LogP contribution in [0, 0.1) is 76.2 Å². The minimum atomic E-state index is 1.22. The van der Waals surface area contributed by atoms with Gasteiger partial charge in [-0.1, -0.05) is 228 Å². The Labute approximate surface area is 431 Å². The third kappa shape index (κ3) is 13.2. The minimum Gasteiger partial charge on any atom is -0.309 e. The summed E-state index contributed by atoms with van der Waals surface area (Å²) in [5.41, 5.74) is 26.4. The van der Waals surface area contributed by atoms with Crippen LogP contribution in [-0.4, -0.2) is 4.57 Å². The Hall–Kier alpha value is -8.00. The average molecular weight is 938 g/mol. The molecule has 0 saturated carbocycles. The molecule has 0 fully saturated rings. The second-order valence-corrected chi connectivity index (χ2v) is 19.3. The van der Waals surface area contributed by atoms with Crippen LogP contribution in [0.1, 0.15) is 61.2 Å². The lowest BCUT2D eigenvalue weighted by Crippen LogP contribution is -1.93. The Morgan fingerprint density at radius 3 is 0.917 bits per heavy atom. The zero-order chi connectivity index (χ0) is 51.1. The summed E-state index contributed by atoms with van der Waals surface area (Å²) in [6.07, 6.45) is 0. The predicted molar refractivity (Wildman–Crippen MR) is 315 cm³/mol. The summed E-state index contributed by atoms with van der Waals surface area (Å²) in [6.45, 7) is 23.6. The van der Waals surface area contributed by atoms with Crippen LogP contribution in [0.3, 0.4) is 0 Å². The van der Waals surface area contributed by atoms with E-state index in [1.165, 1.54) is 122 Å².